The lowest BCUT2D eigenvalue weighted by Crippen LogP contribution is -2.24. The van der Waals surface area contributed by atoms with Crippen LogP contribution >= 0.6 is 0 Å². The molecule has 1 saturated carbocycles. The second kappa shape index (κ2) is 35.8. The van der Waals surface area contributed by atoms with E-state index in [1.807, 2.05) is 18.2 Å². The SMILES string of the molecule is C.CC1(c2ccccc2)CCCCC1.CCC(C)(c1ccc(C)cc1)c1ccc(OC)cc1.CCC(C)c1ccccc1.CCCCc1ccccc1.Cc1cc(C)c(-c2cc(C)c(C)cc2C)c(C)c1.Cc1ccc(-c2ccccc2)cc1. The Morgan fingerprint density at radius 1 is 0.476 bits per heavy atom. The standard InChI is InChI=1S/C18H22O.C18H22.C13H18.C13H12.2C10H14.CH4/c1-5-18(3,15-8-6-14(2)7-9-15)16-10-12-17(19-4)13-11-16;1-11-7-15(5)18(16(6)8-11)17-10-13(3)12(2)9-14(17)4;1-13(10-6-3-7-11-13)12-8-4-2-5-9-12;1-11-7-9-13(10-8-11)12-5-3-2-4-6-12;1-3-9(2)10-7-5-4-6-8-10;1-2-3-7-10-8-5-4-6-9-10;/h6-13H,5H2,1-4H3;7-10H,1-6H3;2,4-5,8-9H,3,6-7,10-11H2,1H3;2-10H,1H3;4-9H,3H2,1-2H3;4-6,8-9H,2-3,7H2,1H3;1H4. The number of aryl methyl sites for hydroxylation is 9. The van der Waals surface area contributed by atoms with Crippen LogP contribution in [0.4, 0.5) is 0 Å². The first-order valence-corrected chi connectivity index (χ1v) is 31.1. The first kappa shape index (κ1) is 69.3. The molecule has 0 bridgehead atoms. The summed E-state index contributed by atoms with van der Waals surface area (Å²) in [5.41, 5.74) is 23.8. The molecular weight excluding hydrogens is 1010 g/mol. The molecule has 1 heteroatoms. The van der Waals surface area contributed by atoms with Gasteiger partial charge in [0.15, 0.2) is 0 Å². The molecule has 9 aromatic carbocycles. The average molecular weight is 1120 g/mol. The van der Waals surface area contributed by atoms with E-state index in [0.29, 0.717) is 11.3 Å². The molecule has 1 nitrogen and oxygen atoms in total. The summed E-state index contributed by atoms with van der Waals surface area (Å²) in [5, 5.41) is 0. The zero-order chi connectivity index (χ0) is 60.2. The lowest BCUT2D eigenvalue weighted by atomic mass is 9.71. The van der Waals surface area contributed by atoms with Crippen molar-refractivity contribution >= 4 is 0 Å². The van der Waals surface area contributed by atoms with Crippen molar-refractivity contribution in [3.05, 3.63) is 291 Å². The lowest BCUT2D eigenvalue weighted by Gasteiger charge is -2.34. The number of benzene rings is 9. The van der Waals surface area contributed by atoms with Gasteiger partial charge in [0.2, 0.25) is 0 Å². The predicted molar refractivity (Wildman–Crippen MR) is 372 cm³/mol. The van der Waals surface area contributed by atoms with E-state index in [9.17, 15) is 0 Å². The van der Waals surface area contributed by atoms with Gasteiger partial charge in [0.1, 0.15) is 5.75 Å². The molecule has 2 atom stereocenters. The van der Waals surface area contributed by atoms with Gasteiger partial charge < -0.3 is 4.74 Å². The molecule has 0 radical (unpaired) electrons. The normalized spacial score (nSPS) is 13.0. The van der Waals surface area contributed by atoms with Gasteiger partial charge in [0, 0.05) is 5.41 Å². The maximum absolute atomic E-state index is 5.24. The van der Waals surface area contributed by atoms with E-state index in [2.05, 4.69) is 297 Å². The minimum atomic E-state index is 0. The van der Waals surface area contributed by atoms with E-state index >= 15 is 0 Å². The highest BCUT2D eigenvalue weighted by Crippen LogP contribution is 2.39. The summed E-state index contributed by atoms with van der Waals surface area (Å²) in [6.45, 7) is 31.1. The number of hydrogen-bond donors (Lipinski definition) is 0. The van der Waals surface area contributed by atoms with Gasteiger partial charge in [-0.1, -0.05) is 298 Å². The van der Waals surface area contributed by atoms with Gasteiger partial charge in [-0.2, -0.15) is 0 Å². The van der Waals surface area contributed by atoms with E-state index < -0.39 is 0 Å². The molecule has 2 unspecified atom stereocenters. The van der Waals surface area contributed by atoms with E-state index in [0.717, 1.165) is 12.2 Å². The predicted octanol–water partition coefficient (Wildman–Crippen LogP) is 24.4. The number of unbranched alkanes of at least 4 members (excludes halogenated alkanes) is 1. The van der Waals surface area contributed by atoms with Crippen molar-refractivity contribution in [2.75, 3.05) is 7.11 Å². The fourth-order valence-electron chi connectivity index (χ4n) is 11.2. The molecule has 1 fully saturated rings. The smallest absolute Gasteiger partial charge is 0.118 e. The zero-order valence-corrected chi connectivity index (χ0v) is 53.8. The second-order valence-corrected chi connectivity index (χ2v) is 23.8. The van der Waals surface area contributed by atoms with Crippen LogP contribution in [0.3, 0.4) is 0 Å². The molecule has 0 saturated heterocycles. The molecule has 0 amide bonds. The molecule has 0 aliphatic heterocycles. The summed E-state index contributed by atoms with van der Waals surface area (Å²) in [6.07, 6.45) is 13.1. The van der Waals surface area contributed by atoms with Crippen LogP contribution in [0.2, 0.25) is 0 Å². The lowest BCUT2D eigenvalue weighted by molar-refractivity contribution is 0.319. The first-order valence-electron chi connectivity index (χ1n) is 31.1. The Labute approximate surface area is 513 Å². The number of hydrogen-bond acceptors (Lipinski definition) is 1. The van der Waals surface area contributed by atoms with Gasteiger partial charge in [-0.25, -0.2) is 0 Å². The molecule has 10 rings (SSSR count). The summed E-state index contributed by atoms with van der Waals surface area (Å²) < 4.78 is 5.24. The summed E-state index contributed by atoms with van der Waals surface area (Å²) in [5.74, 6) is 1.62. The van der Waals surface area contributed by atoms with E-state index in [4.69, 9.17) is 4.74 Å². The fourth-order valence-corrected chi connectivity index (χ4v) is 11.2. The highest BCUT2D eigenvalue weighted by Gasteiger charge is 2.28. The van der Waals surface area contributed by atoms with Crippen molar-refractivity contribution in [2.24, 2.45) is 0 Å². The van der Waals surface area contributed by atoms with Gasteiger partial charge in [0.05, 0.1) is 7.11 Å². The van der Waals surface area contributed by atoms with Gasteiger partial charge >= 0.3 is 0 Å². The molecule has 84 heavy (non-hydrogen) atoms. The minimum absolute atomic E-state index is 0. The van der Waals surface area contributed by atoms with E-state index in [1.54, 1.807) is 7.11 Å². The fraction of sp³-hybridized carbons (Fsp3) is 0.349. The van der Waals surface area contributed by atoms with Crippen molar-refractivity contribution < 1.29 is 4.74 Å². The van der Waals surface area contributed by atoms with E-state index in [-0.39, 0.29) is 12.8 Å². The minimum Gasteiger partial charge on any atom is -0.497 e. The van der Waals surface area contributed by atoms with Crippen LogP contribution < -0.4 is 4.74 Å². The third kappa shape index (κ3) is 21.4. The molecule has 1 aliphatic rings. The Hall–Kier alpha value is -7.22. The zero-order valence-electron chi connectivity index (χ0n) is 53.8. The summed E-state index contributed by atoms with van der Waals surface area (Å²) in [7, 11) is 1.70. The Bertz CT molecular complexity index is 3180. The molecule has 0 heterocycles. The maximum Gasteiger partial charge on any atom is 0.118 e. The molecule has 0 aromatic heterocycles. The van der Waals surface area contributed by atoms with Gasteiger partial charge in [0.25, 0.3) is 0 Å². The van der Waals surface area contributed by atoms with Crippen LogP contribution in [0.15, 0.2) is 218 Å². The summed E-state index contributed by atoms with van der Waals surface area (Å²) >= 11 is 0. The third-order valence-electron chi connectivity index (χ3n) is 17.1. The Balaban J connectivity index is 0.000000219. The first-order chi connectivity index (χ1) is 39.9. The number of rotatable bonds is 12. The molecule has 444 valence electrons. The largest absolute Gasteiger partial charge is 0.497 e. The van der Waals surface area contributed by atoms with Crippen molar-refractivity contribution in [3.63, 3.8) is 0 Å². The highest BCUT2D eigenvalue weighted by molar-refractivity contribution is 5.75. The quantitative estimate of drug-likeness (QED) is 0.118. The second-order valence-electron chi connectivity index (χ2n) is 23.8. The van der Waals surface area contributed by atoms with Gasteiger partial charge in [-0.15, -0.1) is 0 Å². The van der Waals surface area contributed by atoms with Crippen molar-refractivity contribution in [1.29, 1.82) is 0 Å². The molecule has 0 N–H and O–H groups in total. The van der Waals surface area contributed by atoms with Crippen molar-refractivity contribution in [1.82, 2.24) is 0 Å². The van der Waals surface area contributed by atoms with Crippen molar-refractivity contribution in [2.45, 2.75) is 185 Å². The van der Waals surface area contributed by atoms with Crippen LogP contribution in [0.1, 0.15) is 185 Å². The number of ether oxygens (including phenoxy) is 1. The summed E-state index contributed by atoms with van der Waals surface area (Å²) in [6, 6.07) is 77.7. The Morgan fingerprint density at radius 2 is 0.929 bits per heavy atom. The van der Waals surface area contributed by atoms with Crippen LogP contribution in [0.25, 0.3) is 22.3 Å². The average Bonchev–Trinajstić information content (AvgIpc) is 3.53. The Kier molecular flexibility index (Phi) is 29.5. The van der Waals surface area contributed by atoms with Crippen LogP contribution in [-0.2, 0) is 17.3 Å². The highest BCUT2D eigenvalue weighted by atomic mass is 16.5. The maximum atomic E-state index is 5.24. The molecule has 0 spiro atoms. The van der Waals surface area contributed by atoms with Crippen LogP contribution in [-0.4, -0.2) is 7.11 Å². The van der Waals surface area contributed by atoms with Crippen molar-refractivity contribution in [3.8, 4) is 28.0 Å². The molecule has 9 aromatic rings. The van der Waals surface area contributed by atoms with Gasteiger partial charge in [-0.05, 0) is 195 Å². The van der Waals surface area contributed by atoms with Crippen LogP contribution in [0.5, 0.6) is 5.75 Å². The molecule has 1 aliphatic carbocycles. The summed E-state index contributed by atoms with van der Waals surface area (Å²) in [4.78, 5) is 0. The third-order valence-corrected chi connectivity index (χ3v) is 17.1. The van der Waals surface area contributed by atoms with Crippen LogP contribution in [0, 0.1) is 55.4 Å². The Morgan fingerprint density at radius 3 is 1.42 bits per heavy atom. The topological polar surface area (TPSA) is 9.23 Å². The van der Waals surface area contributed by atoms with E-state index in [1.165, 1.54) is 152 Å². The monoisotopic (exact) mass is 1120 g/mol. The molecular formula is C83H106O. The van der Waals surface area contributed by atoms with Gasteiger partial charge in [-0.3, -0.25) is 0 Å². The number of methoxy groups -OCH3 is 1.